The Bertz CT molecular complexity index is 1040. The fourth-order valence-electron chi connectivity index (χ4n) is 2.26. The molecular weight excluding hydrogens is 388 g/mol. The van der Waals surface area contributed by atoms with E-state index in [0.717, 1.165) is 12.4 Å². The number of nitrogens with one attached hydrogen (secondary N) is 1. The van der Waals surface area contributed by atoms with E-state index in [1.54, 1.807) is 0 Å². The Labute approximate surface area is 153 Å². The van der Waals surface area contributed by atoms with Gasteiger partial charge in [0, 0.05) is 0 Å². The van der Waals surface area contributed by atoms with Crippen molar-refractivity contribution in [3.63, 3.8) is 0 Å². The number of anilines is 1. The molecule has 0 saturated carbocycles. The molecule has 0 bridgehead atoms. The molecule has 1 aromatic carbocycles. The Hall–Kier alpha value is -3.70. The van der Waals surface area contributed by atoms with Crippen molar-refractivity contribution in [1.29, 1.82) is 0 Å². The van der Waals surface area contributed by atoms with Crippen molar-refractivity contribution in [3.05, 3.63) is 75.7 Å². The van der Waals surface area contributed by atoms with Gasteiger partial charge >= 0.3 is 11.9 Å². The highest BCUT2D eigenvalue weighted by Gasteiger charge is 2.31. The van der Waals surface area contributed by atoms with Crippen molar-refractivity contribution in [3.8, 4) is 0 Å². The largest absolute Gasteiger partial charge is 0.454 e. The van der Waals surface area contributed by atoms with Crippen LogP contribution in [0, 0.1) is 15.9 Å². The lowest BCUT2D eigenvalue weighted by Gasteiger charge is -2.10. The van der Waals surface area contributed by atoms with E-state index in [-0.39, 0.29) is 23.8 Å². The zero-order chi connectivity index (χ0) is 20.5. The third-order valence-corrected chi connectivity index (χ3v) is 3.58. The molecule has 146 valence electrons. The minimum absolute atomic E-state index is 0.0287. The van der Waals surface area contributed by atoms with Crippen molar-refractivity contribution in [2.24, 2.45) is 0 Å². The van der Waals surface area contributed by atoms with Crippen LogP contribution in [-0.2, 0) is 12.7 Å². The van der Waals surface area contributed by atoms with Crippen LogP contribution in [0.25, 0.3) is 0 Å². The van der Waals surface area contributed by atoms with E-state index in [1.165, 1.54) is 16.8 Å². The normalized spacial score (nSPS) is 11.4. The van der Waals surface area contributed by atoms with Gasteiger partial charge in [0.2, 0.25) is 0 Å². The van der Waals surface area contributed by atoms with E-state index in [2.05, 4.69) is 5.10 Å². The van der Waals surface area contributed by atoms with Gasteiger partial charge < -0.3 is 9.73 Å². The summed E-state index contributed by atoms with van der Waals surface area (Å²) in [5, 5.41) is 16.4. The molecule has 12 heteroatoms. The van der Waals surface area contributed by atoms with Crippen LogP contribution in [0.2, 0.25) is 0 Å². The summed E-state index contributed by atoms with van der Waals surface area (Å²) in [6.45, 7) is -0.0287. The highest BCUT2D eigenvalue weighted by atomic mass is 19.4. The molecule has 0 saturated heterocycles. The van der Waals surface area contributed by atoms with Crippen LogP contribution in [0.3, 0.4) is 0 Å². The van der Waals surface area contributed by atoms with Gasteiger partial charge in [-0.1, -0.05) is 0 Å². The molecule has 0 fully saturated rings. The van der Waals surface area contributed by atoms with Gasteiger partial charge in [-0.2, -0.15) is 18.3 Å². The number of nitro groups is 1. The van der Waals surface area contributed by atoms with Gasteiger partial charge in [0.15, 0.2) is 5.76 Å². The van der Waals surface area contributed by atoms with Crippen molar-refractivity contribution >= 4 is 17.3 Å². The second-order valence-electron chi connectivity index (χ2n) is 5.57. The van der Waals surface area contributed by atoms with Gasteiger partial charge in [0.1, 0.15) is 24.0 Å². The van der Waals surface area contributed by atoms with Crippen LogP contribution in [0.4, 0.5) is 28.9 Å². The maximum atomic E-state index is 13.7. The van der Waals surface area contributed by atoms with Crippen LogP contribution >= 0.6 is 0 Å². The molecule has 0 aliphatic carbocycles. The lowest BCUT2D eigenvalue weighted by Crippen LogP contribution is -2.14. The summed E-state index contributed by atoms with van der Waals surface area (Å²) in [7, 11) is 0. The third-order valence-electron chi connectivity index (χ3n) is 3.58. The monoisotopic (exact) mass is 398 g/mol. The van der Waals surface area contributed by atoms with E-state index in [0.29, 0.717) is 18.2 Å². The molecule has 28 heavy (non-hydrogen) atoms. The van der Waals surface area contributed by atoms with E-state index >= 15 is 0 Å². The fraction of sp³-hybridized carbons (Fsp3) is 0.125. The molecule has 0 spiro atoms. The van der Waals surface area contributed by atoms with Crippen LogP contribution in [0.1, 0.15) is 21.9 Å². The Morgan fingerprint density at radius 2 is 2.04 bits per heavy atom. The van der Waals surface area contributed by atoms with Crippen LogP contribution < -0.4 is 5.32 Å². The Morgan fingerprint density at radius 1 is 1.29 bits per heavy atom. The zero-order valence-electron chi connectivity index (χ0n) is 13.7. The molecule has 0 unspecified atom stereocenters. The number of nitrogens with zero attached hydrogens (tertiary/aromatic N) is 3. The molecule has 8 nitrogen and oxygen atoms in total. The fourth-order valence-corrected chi connectivity index (χ4v) is 2.26. The second kappa shape index (κ2) is 7.13. The van der Waals surface area contributed by atoms with Crippen molar-refractivity contribution in [1.82, 2.24) is 9.78 Å². The number of benzene rings is 1. The summed E-state index contributed by atoms with van der Waals surface area (Å²) in [6.07, 6.45) is -2.51. The van der Waals surface area contributed by atoms with Crippen LogP contribution in [0.15, 0.2) is 47.1 Å². The average molecular weight is 398 g/mol. The molecular formula is C16H10F4N4O4. The molecule has 3 rings (SSSR count). The summed E-state index contributed by atoms with van der Waals surface area (Å²) < 4.78 is 58.3. The SMILES string of the molecule is O=C(Nc1cc(C(F)(F)F)ccc1F)c1ccc(Cn2cc([N+](=O)[O-])cn2)o1. The summed E-state index contributed by atoms with van der Waals surface area (Å²) in [5.41, 5.74) is -2.00. The minimum atomic E-state index is -4.70. The highest BCUT2D eigenvalue weighted by Crippen LogP contribution is 2.32. The first-order valence-corrected chi connectivity index (χ1v) is 7.57. The molecule has 0 radical (unpaired) electrons. The molecule has 0 aliphatic heterocycles. The van der Waals surface area contributed by atoms with Gasteiger partial charge in [0.25, 0.3) is 5.91 Å². The first-order valence-electron chi connectivity index (χ1n) is 7.57. The highest BCUT2D eigenvalue weighted by molar-refractivity contribution is 6.02. The topological polar surface area (TPSA) is 103 Å². The zero-order valence-corrected chi connectivity index (χ0v) is 13.7. The molecule has 2 aromatic heterocycles. The predicted octanol–water partition coefficient (Wildman–Crippen LogP) is 3.84. The summed E-state index contributed by atoms with van der Waals surface area (Å²) in [6, 6.07) is 4.23. The van der Waals surface area contributed by atoms with E-state index in [9.17, 15) is 32.5 Å². The number of amides is 1. The molecule has 0 aliphatic rings. The number of hydrogen-bond donors (Lipinski definition) is 1. The molecule has 0 atom stereocenters. The standard InChI is InChI=1S/C16H10F4N4O4/c17-12-3-1-9(16(18,19)20)5-13(12)22-15(25)14-4-2-11(28-14)8-23-7-10(6-21-23)24(26)27/h1-7H,8H2,(H,22,25). The number of carbonyl (C=O) groups is 1. The summed E-state index contributed by atoms with van der Waals surface area (Å²) >= 11 is 0. The lowest BCUT2D eigenvalue weighted by atomic mass is 10.2. The molecule has 3 aromatic rings. The smallest absolute Gasteiger partial charge is 0.416 e. The molecule has 1 N–H and O–H groups in total. The summed E-state index contributed by atoms with van der Waals surface area (Å²) in [4.78, 5) is 22.1. The quantitative estimate of drug-likeness (QED) is 0.400. The van der Waals surface area contributed by atoms with Gasteiger partial charge in [-0.25, -0.2) is 4.39 Å². The molecule has 2 heterocycles. The number of aromatic nitrogens is 2. The van der Waals surface area contributed by atoms with E-state index in [4.69, 9.17) is 4.42 Å². The number of halogens is 4. The molecule has 1 amide bonds. The van der Waals surface area contributed by atoms with Gasteiger partial charge in [-0.3, -0.25) is 19.6 Å². The maximum absolute atomic E-state index is 13.7. The lowest BCUT2D eigenvalue weighted by molar-refractivity contribution is -0.385. The van der Waals surface area contributed by atoms with Crippen molar-refractivity contribution in [2.45, 2.75) is 12.7 Å². The predicted molar refractivity (Wildman–Crippen MR) is 86.0 cm³/mol. The van der Waals surface area contributed by atoms with Gasteiger partial charge in [-0.05, 0) is 30.3 Å². The van der Waals surface area contributed by atoms with E-state index < -0.39 is 34.1 Å². The number of alkyl halides is 3. The first kappa shape index (κ1) is 19.1. The Morgan fingerprint density at radius 3 is 2.68 bits per heavy atom. The average Bonchev–Trinajstić information content (AvgIpc) is 3.26. The minimum Gasteiger partial charge on any atom is -0.454 e. The number of rotatable bonds is 5. The number of furan rings is 1. The summed E-state index contributed by atoms with van der Waals surface area (Å²) in [5.74, 6) is -2.09. The van der Waals surface area contributed by atoms with Crippen molar-refractivity contribution in [2.75, 3.05) is 5.32 Å². The van der Waals surface area contributed by atoms with Crippen LogP contribution in [-0.4, -0.2) is 20.6 Å². The third kappa shape index (κ3) is 4.16. The maximum Gasteiger partial charge on any atom is 0.416 e. The van der Waals surface area contributed by atoms with Crippen LogP contribution in [0.5, 0.6) is 0 Å². The van der Waals surface area contributed by atoms with E-state index in [1.807, 2.05) is 5.32 Å². The Kier molecular flexibility index (Phi) is 4.86. The van der Waals surface area contributed by atoms with Gasteiger partial charge in [0.05, 0.1) is 22.7 Å². The Balaban J connectivity index is 1.73. The van der Waals surface area contributed by atoms with Crippen molar-refractivity contribution < 1.29 is 31.7 Å². The second-order valence-corrected chi connectivity index (χ2v) is 5.57. The first-order chi connectivity index (χ1) is 13.1. The van der Waals surface area contributed by atoms with Gasteiger partial charge in [-0.15, -0.1) is 0 Å². The number of carbonyl (C=O) groups excluding carboxylic acids is 1. The number of hydrogen-bond acceptors (Lipinski definition) is 5.